The van der Waals surface area contributed by atoms with E-state index in [1.54, 1.807) is 0 Å². The second kappa shape index (κ2) is 5.25. The molecule has 96 valence electrons. The van der Waals surface area contributed by atoms with E-state index in [1.165, 1.54) is 5.56 Å². The number of nitrogens with zero attached hydrogens (tertiary/aromatic N) is 1. The minimum absolute atomic E-state index is 0.502. The summed E-state index contributed by atoms with van der Waals surface area (Å²) in [5.74, 6) is 2.13. The first-order chi connectivity index (χ1) is 8.58. The second-order valence-electron chi connectivity index (χ2n) is 4.84. The highest BCUT2D eigenvalue weighted by atomic mass is 16.4. The van der Waals surface area contributed by atoms with Crippen molar-refractivity contribution in [1.82, 2.24) is 4.98 Å². The van der Waals surface area contributed by atoms with Gasteiger partial charge in [-0.3, -0.25) is 0 Å². The van der Waals surface area contributed by atoms with Crippen molar-refractivity contribution in [2.45, 2.75) is 40.2 Å². The summed E-state index contributed by atoms with van der Waals surface area (Å²) in [6, 6.07) is 8.36. The number of hydrogen-bond donors (Lipinski definition) is 1. The molecule has 0 spiro atoms. The van der Waals surface area contributed by atoms with Gasteiger partial charge in [0.1, 0.15) is 5.76 Å². The largest absolute Gasteiger partial charge is 0.444 e. The Morgan fingerprint density at radius 3 is 2.56 bits per heavy atom. The summed E-state index contributed by atoms with van der Waals surface area (Å²) in [4.78, 5) is 4.37. The van der Waals surface area contributed by atoms with Crippen LogP contribution in [0.2, 0.25) is 0 Å². The highest BCUT2D eigenvalue weighted by molar-refractivity contribution is 5.52. The van der Waals surface area contributed by atoms with Crippen LogP contribution in [0.15, 0.2) is 28.7 Å². The molecule has 0 atom stereocenters. The van der Waals surface area contributed by atoms with E-state index in [0.717, 1.165) is 23.0 Å². The zero-order valence-electron chi connectivity index (χ0n) is 11.4. The van der Waals surface area contributed by atoms with E-state index >= 15 is 0 Å². The molecular weight excluding hydrogens is 224 g/mol. The average Bonchev–Trinajstić information content (AvgIpc) is 2.66. The van der Waals surface area contributed by atoms with Crippen LogP contribution < -0.4 is 5.32 Å². The number of rotatable bonds is 4. The topological polar surface area (TPSA) is 38.1 Å². The van der Waals surface area contributed by atoms with E-state index < -0.39 is 0 Å². The molecule has 0 saturated carbocycles. The van der Waals surface area contributed by atoms with E-state index in [-0.39, 0.29) is 0 Å². The molecule has 0 amide bonds. The smallest absolute Gasteiger partial charge is 0.213 e. The summed E-state index contributed by atoms with van der Waals surface area (Å²) in [7, 11) is 0. The fourth-order valence-electron chi connectivity index (χ4n) is 1.95. The average molecular weight is 244 g/mol. The summed E-state index contributed by atoms with van der Waals surface area (Å²) in [6.45, 7) is 8.91. The van der Waals surface area contributed by atoms with Gasteiger partial charge in [0.25, 0.3) is 0 Å². The summed E-state index contributed by atoms with van der Waals surface area (Å²) >= 11 is 0. The number of aromatic nitrogens is 1. The van der Waals surface area contributed by atoms with Gasteiger partial charge in [-0.15, -0.1) is 0 Å². The van der Waals surface area contributed by atoms with E-state index in [0.29, 0.717) is 12.5 Å². The molecule has 3 heteroatoms. The third-order valence-corrected chi connectivity index (χ3v) is 3.09. The maximum absolute atomic E-state index is 5.56. The van der Waals surface area contributed by atoms with Crippen molar-refractivity contribution in [3.05, 3.63) is 47.2 Å². The minimum atomic E-state index is 0.502. The monoisotopic (exact) mass is 244 g/mol. The van der Waals surface area contributed by atoms with Crippen LogP contribution >= 0.6 is 0 Å². The number of anilines is 1. The van der Waals surface area contributed by atoms with Gasteiger partial charge in [-0.25, -0.2) is 4.98 Å². The molecule has 1 N–H and O–H groups in total. The SMILES string of the molecule is Cc1nc(CNc2ccccc2C(C)C)oc1C. The first-order valence-corrected chi connectivity index (χ1v) is 6.33. The number of benzene rings is 1. The van der Waals surface area contributed by atoms with Crippen molar-refractivity contribution in [3.8, 4) is 0 Å². The number of hydrogen-bond acceptors (Lipinski definition) is 3. The van der Waals surface area contributed by atoms with E-state index in [1.807, 2.05) is 19.9 Å². The van der Waals surface area contributed by atoms with Crippen molar-refractivity contribution in [3.63, 3.8) is 0 Å². The predicted octanol–water partition coefficient (Wildman–Crippen LogP) is 4.03. The van der Waals surface area contributed by atoms with Crippen LogP contribution in [0, 0.1) is 13.8 Å². The Morgan fingerprint density at radius 1 is 1.22 bits per heavy atom. The Hall–Kier alpha value is -1.77. The van der Waals surface area contributed by atoms with Crippen LogP contribution in [-0.4, -0.2) is 4.98 Å². The van der Waals surface area contributed by atoms with Gasteiger partial charge in [0.15, 0.2) is 0 Å². The van der Waals surface area contributed by atoms with E-state index in [4.69, 9.17) is 4.42 Å². The van der Waals surface area contributed by atoms with Crippen LogP contribution in [0.4, 0.5) is 5.69 Å². The van der Waals surface area contributed by atoms with Crippen LogP contribution in [0.1, 0.15) is 42.7 Å². The van der Waals surface area contributed by atoms with Crippen molar-refractivity contribution in [2.75, 3.05) is 5.32 Å². The van der Waals surface area contributed by atoms with Gasteiger partial charge < -0.3 is 9.73 Å². The maximum Gasteiger partial charge on any atom is 0.213 e. The lowest BCUT2D eigenvalue weighted by molar-refractivity contribution is 0.478. The molecule has 0 aliphatic carbocycles. The molecule has 0 aliphatic rings. The van der Waals surface area contributed by atoms with Gasteiger partial charge in [0.05, 0.1) is 12.2 Å². The van der Waals surface area contributed by atoms with Gasteiger partial charge in [0, 0.05) is 5.69 Å². The molecule has 0 unspecified atom stereocenters. The number of para-hydroxylation sites is 1. The van der Waals surface area contributed by atoms with E-state index in [9.17, 15) is 0 Å². The lowest BCUT2D eigenvalue weighted by Gasteiger charge is -2.13. The number of nitrogens with one attached hydrogen (secondary N) is 1. The molecular formula is C15H20N2O. The van der Waals surface area contributed by atoms with Crippen LogP contribution in [0.3, 0.4) is 0 Å². The Kier molecular flexibility index (Phi) is 3.70. The lowest BCUT2D eigenvalue weighted by atomic mass is 10.0. The van der Waals surface area contributed by atoms with Gasteiger partial charge in [-0.1, -0.05) is 32.0 Å². The lowest BCUT2D eigenvalue weighted by Crippen LogP contribution is -2.03. The summed E-state index contributed by atoms with van der Waals surface area (Å²) < 4.78 is 5.56. The molecule has 0 bridgehead atoms. The maximum atomic E-state index is 5.56. The van der Waals surface area contributed by atoms with Gasteiger partial charge in [0.2, 0.25) is 5.89 Å². The van der Waals surface area contributed by atoms with Gasteiger partial charge in [-0.2, -0.15) is 0 Å². The van der Waals surface area contributed by atoms with Crippen molar-refractivity contribution < 1.29 is 4.42 Å². The first kappa shape index (κ1) is 12.7. The summed E-state index contributed by atoms with van der Waals surface area (Å²) in [6.07, 6.45) is 0. The quantitative estimate of drug-likeness (QED) is 0.882. The van der Waals surface area contributed by atoms with E-state index in [2.05, 4.69) is 42.3 Å². The highest BCUT2D eigenvalue weighted by Crippen LogP contribution is 2.24. The standard InChI is InChI=1S/C15H20N2O/c1-10(2)13-7-5-6-8-14(13)16-9-15-17-11(3)12(4)18-15/h5-8,10,16H,9H2,1-4H3. The molecule has 1 aromatic heterocycles. The molecule has 3 nitrogen and oxygen atoms in total. The zero-order chi connectivity index (χ0) is 13.1. The predicted molar refractivity (Wildman–Crippen MR) is 73.8 cm³/mol. The Morgan fingerprint density at radius 2 is 1.94 bits per heavy atom. The van der Waals surface area contributed by atoms with Crippen molar-refractivity contribution in [2.24, 2.45) is 0 Å². The third kappa shape index (κ3) is 2.73. The van der Waals surface area contributed by atoms with Crippen LogP contribution in [-0.2, 0) is 6.54 Å². The normalized spacial score (nSPS) is 10.9. The molecule has 0 radical (unpaired) electrons. The molecule has 2 aromatic rings. The van der Waals surface area contributed by atoms with Crippen LogP contribution in [0.25, 0.3) is 0 Å². The summed E-state index contributed by atoms with van der Waals surface area (Å²) in [5, 5.41) is 3.40. The highest BCUT2D eigenvalue weighted by Gasteiger charge is 2.08. The number of oxazole rings is 1. The van der Waals surface area contributed by atoms with Crippen LogP contribution in [0.5, 0.6) is 0 Å². The molecule has 1 aromatic carbocycles. The molecule has 0 aliphatic heterocycles. The fraction of sp³-hybridized carbons (Fsp3) is 0.400. The zero-order valence-corrected chi connectivity index (χ0v) is 11.4. The second-order valence-corrected chi connectivity index (χ2v) is 4.84. The molecule has 0 saturated heterocycles. The molecule has 1 heterocycles. The van der Waals surface area contributed by atoms with Gasteiger partial charge in [-0.05, 0) is 31.4 Å². The molecule has 2 rings (SSSR count). The number of aryl methyl sites for hydroxylation is 2. The van der Waals surface area contributed by atoms with Gasteiger partial charge >= 0.3 is 0 Å². The summed E-state index contributed by atoms with van der Waals surface area (Å²) in [5.41, 5.74) is 3.43. The fourth-order valence-corrected chi connectivity index (χ4v) is 1.95. The first-order valence-electron chi connectivity index (χ1n) is 6.33. The van der Waals surface area contributed by atoms with Crippen molar-refractivity contribution in [1.29, 1.82) is 0 Å². The molecule has 18 heavy (non-hydrogen) atoms. The minimum Gasteiger partial charge on any atom is -0.444 e. The van der Waals surface area contributed by atoms with Crippen molar-refractivity contribution >= 4 is 5.69 Å². The molecule has 0 fully saturated rings. The third-order valence-electron chi connectivity index (χ3n) is 3.09. The Bertz CT molecular complexity index is 510. The Balaban J connectivity index is 2.10. The Labute approximate surface area is 108 Å².